The Hall–Kier alpha value is -2.87. The van der Waals surface area contributed by atoms with Crippen molar-refractivity contribution in [2.45, 2.75) is 32.6 Å². The molecule has 140 valence electrons. The molecule has 2 atom stereocenters. The third-order valence-electron chi connectivity index (χ3n) is 4.80. The van der Waals surface area contributed by atoms with Gasteiger partial charge in [0.1, 0.15) is 0 Å². The van der Waals surface area contributed by atoms with E-state index in [0.717, 1.165) is 17.0 Å². The molecular formula is C18H19ClN6O2. The predicted octanol–water partition coefficient (Wildman–Crippen LogP) is 1.75. The summed E-state index contributed by atoms with van der Waals surface area (Å²) >= 11 is 5.99. The summed E-state index contributed by atoms with van der Waals surface area (Å²) in [6.45, 7) is 4.27. The largest absolute Gasteiger partial charge is 0.325 e. The zero-order valence-corrected chi connectivity index (χ0v) is 15.9. The molecule has 0 aliphatic carbocycles. The number of imide groups is 1. The summed E-state index contributed by atoms with van der Waals surface area (Å²) in [5, 5.41) is 7.56. The van der Waals surface area contributed by atoms with E-state index in [1.807, 2.05) is 36.9 Å². The first-order valence-electron chi connectivity index (χ1n) is 8.55. The van der Waals surface area contributed by atoms with Crippen LogP contribution >= 0.6 is 11.6 Å². The number of benzene rings is 1. The monoisotopic (exact) mass is 386 g/mol. The number of fused-ring (bicyclic) bond motifs is 1. The minimum absolute atomic E-state index is 0.364. The Bertz CT molecular complexity index is 951. The minimum Gasteiger partial charge on any atom is -0.321 e. The highest BCUT2D eigenvalue weighted by Gasteiger charge is 2.49. The van der Waals surface area contributed by atoms with E-state index < -0.39 is 18.2 Å². The highest BCUT2D eigenvalue weighted by atomic mass is 35.5. The van der Waals surface area contributed by atoms with Crippen LogP contribution in [0.2, 0.25) is 5.02 Å². The lowest BCUT2D eigenvalue weighted by molar-refractivity contribution is -0.127. The summed E-state index contributed by atoms with van der Waals surface area (Å²) in [5.41, 5.74) is 2.73. The van der Waals surface area contributed by atoms with Crippen LogP contribution in [0.15, 0.2) is 35.3 Å². The lowest BCUT2D eigenvalue weighted by Gasteiger charge is -2.36. The lowest BCUT2D eigenvalue weighted by atomic mass is 10.1. The summed E-state index contributed by atoms with van der Waals surface area (Å²) in [6, 6.07) is 8.30. The second-order valence-electron chi connectivity index (χ2n) is 6.79. The summed E-state index contributed by atoms with van der Waals surface area (Å²) in [6.07, 6.45) is -0.600. The topological polar surface area (TPSA) is 82.8 Å². The Balaban J connectivity index is 1.77. The Kier molecular flexibility index (Phi) is 4.15. The maximum Gasteiger partial charge on any atom is 0.325 e. The third-order valence-corrected chi connectivity index (χ3v) is 5.06. The fourth-order valence-corrected chi connectivity index (χ4v) is 3.60. The molecule has 2 unspecified atom stereocenters. The summed E-state index contributed by atoms with van der Waals surface area (Å²) < 4.78 is 1.72. The van der Waals surface area contributed by atoms with Gasteiger partial charge in [-0.3, -0.25) is 10.1 Å². The normalized spacial score (nSPS) is 22.0. The number of nitrogens with zero attached hydrogens (tertiary/aromatic N) is 5. The van der Waals surface area contributed by atoms with Crippen LogP contribution in [0, 0.1) is 13.8 Å². The molecular weight excluding hydrogens is 368 g/mol. The van der Waals surface area contributed by atoms with Gasteiger partial charge >= 0.3 is 6.03 Å². The van der Waals surface area contributed by atoms with Crippen molar-refractivity contribution in [3.05, 3.63) is 52.3 Å². The van der Waals surface area contributed by atoms with Crippen LogP contribution in [0.5, 0.6) is 0 Å². The van der Waals surface area contributed by atoms with Gasteiger partial charge in [-0.15, -0.1) is 0 Å². The Morgan fingerprint density at radius 2 is 1.89 bits per heavy atom. The SMILES string of the molecule is Cc1cc(C)n(C2=NC3C(C(=O)NC(=O)N3C)N2Cc2ccc(Cl)cc2)n1. The molecule has 1 aromatic heterocycles. The average molecular weight is 387 g/mol. The average Bonchev–Trinajstić information content (AvgIpc) is 3.15. The van der Waals surface area contributed by atoms with E-state index in [2.05, 4.69) is 10.4 Å². The highest BCUT2D eigenvalue weighted by Crippen LogP contribution is 2.27. The van der Waals surface area contributed by atoms with Gasteiger partial charge in [0.15, 0.2) is 12.2 Å². The lowest BCUT2D eigenvalue weighted by Crippen LogP contribution is -2.63. The van der Waals surface area contributed by atoms with E-state index in [0.29, 0.717) is 17.5 Å². The fourth-order valence-electron chi connectivity index (χ4n) is 3.47. The predicted molar refractivity (Wildman–Crippen MR) is 100 cm³/mol. The number of carbonyl (C=O) groups is 2. The first-order chi connectivity index (χ1) is 12.8. The maximum atomic E-state index is 12.6. The van der Waals surface area contributed by atoms with E-state index in [4.69, 9.17) is 16.6 Å². The van der Waals surface area contributed by atoms with Gasteiger partial charge in [0.25, 0.3) is 5.91 Å². The number of carbonyl (C=O) groups excluding carboxylic acids is 2. The molecule has 4 rings (SSSR count). The van der Waals surface area contributed by atoms with Crippen LogP contribution < -0.4 is 5.32 Å². The number of hydrogen-bond acceptors (Lipinski definition) is 5. The van der Waals surface area contributed by atoms with Crippen molar-refractivity contribution in [2.24, 2.45) is 4.99 Å². The van der Waals surface area contributed by atoms with E-state index in [-0.39, 0.29) is 5.91 Å². The van der Waals surface area contributed by atoms with Crippen molar-refractivity contribution in [2.75, 3.05) is 7.05 Å². The van der Waals surface area contributed by atoms with Crippen LogP contribution in [0.3, 0.4) is 0 Å². The molecule has 1 aromatic carbocycles. The molecule has 0 saturated carbocycles. The van der Waals surface area contributed by atoms with E-state index in [1.165, 1.54) is 4.90 Å². The number of aromatic nitrogens is 2. The van der Waals surface area contributed by atoms with Gasteiger partial charge in [0, 0.05) is 24.3 Å². The van der Waals surface area contributed by atoms with Gasteiger partial charge < -0.3 is 9.80 Å². The maximum absolute atomic E-state index is 12.6. The molecule has 3 amide bonds. The number of amides is 3. The number of hydrogen-bond donors (Lipinski definition) is 1. The van der Waals surface area contributed by atoms with Crippen LogP contribution in [0.4, 0.5) is 4.79 Å². The number of urea groups is 1. The first kappa shape index (κ1) is 17.5. The van der Waals surface area contributed by atoms with Crippen LogP contribution in [-0.2, 0) is 11.3 Å². The summed E-state index contributed by atoms with van der Waals surface area (Å²) in [7, 11) is 1.63. The van der Waals surface area contributed by atoms with Crippen molar-refractivity contribution >= 4 is 29.5 Å². The van der Waals surface area contributed by atoms with Gasteiger partial charge in [0.05, 0.1) is 5.69 Å². The molecule has 3 heterocycles. The zero-order valence-electron chi connectivity index (χ0n) is 15.2. The Morgan fingerprint density at radius 1 is 1.19 bits per heavy atom. The zero-order chi connectivity index (χ0) is 19.3. The minimum atomic E-state index is -0.623. The smallest absolute Gasteiger partial charge is 0.321 e. The molecule has 0 bridgehead atoms. The van der Waals surface area contributed by atoms with Gasteiger partial charge in [0.2, 0.25) is 5.96 Å². The van der Waals surface area contributed by atoms with Crippen molar-refractivity contribution < 1.29 is 9.59 Å². The molecule has 1 saturated heterocycles. The van der Waals surface area contributed by atoms with E-state index in [9.17, 15) is 9.59 Å². The highest BCUT2D eigenvalue weighted by molar-refractivity contribution is 6.30. The van der Waals surface area contributed by atoms with Crippen molar-refractivity contribution in [3.8, 4) is 0 Å². The number of likely N-dealkylation sites (N-methyl/N-ethyl adjacent to an activating group) is 1. The van der Waals surface area contributed by atoms with Gasteiger partial charge in [-0.1, -0.05) is 23.7 Å². The van der Waals surface area contributed by atoms with Crippen molar-refractivity contribution in [3.63, 3.8) is 0 Å². The van der Waals surface area contributed by atoms with Crippen LogP contribution in [0.25, 0.3) is 0 Å². The Morgan fingerprint density at radius 3 is 2.52 bits per heavy atom. The molecule has 1 fully saturated rings. The fraction of sp³-hybridized carbons (Fsp3) is 0.333. The Labute approximate surface area is 161 Å². The van der Waals surface area contributed by atoms with Crippen LogP contribution in [-0.4, -0.2) is 56.7 Å². The quantitative estimate of drug-likeness (QED) is 0.852. The molecule has 9 heteroatoms. The molecule has 2 aliphatic rings. The van der Waals surface area contributed by atoms with Crippen molar-refractivity contribution in [1.82, 2.24) is 24.9 Å². The van der Waals surface area contributed by atoms with Gasteiger partial charge in [-0.2, -0.15) is 5.10 Å². The molecule has 27 heavy (non-hydrogen) atoms. The molecule has 0 spiro atoms. The second-order valence-corrected chi connectivity index (χ2v) is 7.22. The molecule has 2 aromatic rings. The second kappa shape index (κ2) is 6.38. The first-order valence-corrected chi connectivity index (χ1v) is 8.93. The molecule has 2 aliphatic heterocycles. The van der Waals surface area contributed by atoms with Crippen molar-refractivity contribution in [1.29, 1.82) is 0 Å². The number of aryl methyl sites for hydroxylation is 2. The number of rotatable bonds is 2. The summed E-state index contributed by atoms with van der Waals surface area (Å²) in [4.78, 5) is 32.7. The van der Waals surface area contributed by atoms with Gasteiger partial charge in [-0.05, 0) is 37.6 Å². The third kappa shape index (κ3) is 2.95. The standard InChI is InChI=1S/C18H19ClN6O2/c1-10-8-11(2)25(22-10)17-20-15-14(16(26)21-18(27)23(15)3)24(17)9-12-4-6-13(19)7-5-12/h4-8,14-15H,9H2,1-3H3,(H,21,26,27). The molecule has 8 nitrogen and oxygen atoms in total. The van der Waals surface area contributed by atoms with E-state index in [1.54, 1.807) is 23.9 Å². The molecule has 0 radical (unpaired) electrons. The number of aliphatic imine (C=N–C) groups is 1. The number of halogens is 1. The van der Waals surface area contributed by atoms with Crippen LogP contribution in [0.1, 0.15) is 17.0 Å². The summed E-state index contributed by atoms with van der Waals surface area (Å²) in [5.74, 6) is 0.180. The van der Waals surface area contributed by atoms with Gasteiger partial charge in [-0.25, -0.2) is 14.5 Å². The number of nitrogens with one attached hydrogen (secondary N) is 1. The van der Waals surface area contributed by atoms with E-state index >= 15 is 0 Å². The molecule has 1 N–H and O–H groups in total.